The smallest absolute Gasteiger partial charge is 0.317 e. The van der Waals surface area contributed by atoms with Gasteiger partial charge in [0.15, 0.2) is 0 Å². The van der Waals surface area contributed by atoms with Crippen molar-refractivity contribution in [3.8, 4) is 0 Å². The van der Waals surface area contributed by atoms with Crippen molar-refractivity contribution in [1.82, 2.24) is 25.2 Å². The highest BCUT2D eigenvalue weighted by molar-refractivity contribution is 5.80. The van der Waals surface area contributed by atoms with Crippen LogP contribution in [0.15, 0.2) is 34.9 Å². The zero-order valence-electron chi connectivity index (χ0n) is 19.0. The average Bonchev–Trinajstić information content (AvgIpc) is 3.12. The van der Waals surface area contributed by atoms with Gasteiger partial charge in [0.2, 0.25) is 5.91 Å². The van der Waals surface area contributed by atoms with Gasteiger partial charge >= 0.3 is 6.03 Å². The van der Waals surface area contributed by atoms with Crippen molar-refractivity contribution in [2.45, 2.75) is 45.7 Å². The number of piperazine rings is 1. The van der Waals surface area contributed by atoms with Gasteiger partial charge in [-0.3, -0.25) is 9.69 Å². The van der Waals surface area contributed by atoms with Gasteiger partial charge in [0.05, 0.1) is 12.1 Å². The van der Waals surface area contributed by atoms with E-state index in [1.807, 2.05) is 29.7 Å². The van der Waals surface area contributed by atoms with E-state index in [2.05, 4.69) is 39.6 Å². The van der Waals surface area contributed by atoms with E-state index in [9.17, 15) is 9.59 Å². The second-order valence-corrected chi connectivity index (χ2v) is 8.86. The Morgan fingerprint density at radius 2 is 1.78 bits per heavy atom. The number of aryl methyl sites for hydroxylation is 2. The van der Waals surface area contributed by atoms with E-state index in [-0.39, 0.29) is 18.0 Å². The Balaban J connectivity index is 1.22. The molecule has 3 heterocycles. The van der Waals surface area contributed by atoms with Crippen molar-refractivity contribution in [2.75, 3.05) is 39.3 Å². The Morgan fingerprint density at radius 3 is 2.47 bits per heavy atom. The maximum absolute atomic E-state index is 12.8. The molecule has 0 spiro atoms. The number of nitrogens with one attached hydrogen (secondary N) is 1. The Hall–Kier alpha value is -2.87. The lowest BCUT2D eigenvalue weighted by Crippen LogP contribution is -2.56. The largest absolute Gasteiger partial charge is 0.361 e. The molecular formula is C24H33N5O3. The van der Waals surface area contributed by atoms with Crippen LogP contribution in [0.4, 0.5) is 4.79 Å². The number of aromatic nitrogens is 1. The highest BCUT2D eigenvalue weighted by Gasteiger charge is 2.28. The fourth-order valence-corrected chi connectivity index (χ4v) is 4.60. The van der Waals surface area contributed by atoms with Gasteiger partial charge in [0.1, 0.15) is 5.76 Å². The predicted molar refractivity (Wildman–Crippen MR) is 121 cm³/mol. The summed E-state index contributed by atoms with van der Waals surface area (Å²) >= 11 is 0. The lowest BCUT2D eigenvalue weighted by atomic mass is 10.0. The summed E-state index contributed by atoms with van der Waals surface area (Å²) in [5.41, 5.74) is 2.94. The number of urea groups is 1. The summed E-state index contributed by atoms with van der Waals surface area (Å²) in [5.74, 6) is 0.756. The normalized spacial score (nSPS) is 19.8. The van der Waals surface area contributed by atoms with Crippen LogP contribution in [0.3, 0.4) is 0 Å². The molecule has 1 atom stereocenters. The number of hydrogen-bond donors (Lipinski definition) is 1. The molecule has 1 aromatic heterocycles. The molecule has 0 radical (unpaired) electrons. The quantitative estimate of drug-likeness (QED) is 0.773. The number of nitrogens with zero attached hydrogens (tertiary/aromatic N) is 4. The third-order valence-corrected chi connectivity index (χ3v) is 6.51. The van der Waals surface area contributed by atoms with E-state index in [4.69, 9.17) is 4.52 Å². The van der Waals surface area contributed by atoms with E-state index >= 15 is 0 Å². The minimum Gasteiger partial charge on any atom is -0.361 e. The lowest BCUT2D eigenvalue weighted by Gasteiger charge is -2.37. The fraction of sp³-hybridized carbons (Fsp3) is 0.542. The highest BCUT2D eigenvalue weighted by Crippen LogP contribution is 2.16. The molecule has 8 heteroatoms. The van der Waals surface area contributed by atoms with Gasteiger partial charge in [-0.15, -0.1) is 0 Å². The van der Waals surface area contributed by atoms with Crippen molar-refractivity contribution in [2.24, 2.45) is 0 Å². The van der Waals surface area contributed by atoms with Crippen molar-refractivity contribution < 1.29 is 14.1 Å². The molecule has 2 saturated heterocycles. The van der Waals surface area contributed by atoms with E-state index < -0.39 is 0 Å². The summed E-state index contributed by atoms with van der Waals surface area (Å²) in [6.45, 7) is 8.76. The molecule has 0 saturated carbocycles. The summed E-state index contributed by atoms with van der Waals surface area (Å²) in [5, 5.41) is 7.14. The highest BCUT2D eigenvalue weighted by atomic mass is 16.5. The monoisotopic (exact) mass is 439 g/mol. The number of likely N-dealkylation sites (tertiary alicyclic amines) is 1. The van der Waals surface area contributed by atoms with Crippen LogP contribution in [-0.2, 0) is 17.8 Å². The molecule has 2 aromatic rings. The van der Waals surface area contributed by atoms with Gasteiger partial charge in [0.25, 0.3) is 0 Å². The molecule has 4 rings (SSSR count). The van der Waals surface area contributed by atoms with E-state index in [0.717, 1.165) is 43.7 Å². The number of amides is 3. The van der Waals surface area contributed by atoms with Crippen molar-refractivity contribution in [3.05, 3.63) is 52.9 Å². The SMILES string of the molecule is Cc1noc(C)c1CC(=O)N1CCN(C(=O)NC2CCCN(Cc3ccccc3)C2)CC1. The van der Waals surface area contributed by atoms with Crippen molar-refractivity contribution in [1.29, 1.82) is 0 Å². The minimum absolute atomic E-state index is 0.0191. The molecule has 2 aliphatic heterocycles. The Morgan fingerprint density at radius 1 is 1.06 bits per heavy atom. The van der Waals surface area contributed by atoms with Crippen molar-refractivity contribution >= 4 is 11.9 Å². The van der Waals surface area contributed by atoms with Crippen LogP contribution >= 0.6 is 0 Å². The second kappa shape index (κ2) is 10.2. The first-order valence-corrected chi connectivity index (χ1v) is 11.5. The summed E-state index contributed by atoms with van der Waals surface area (Å²) in [6.07, 6.45) is 2.39. The van der Waals surface area contributed by atoms with Gasteiger partial charge < -0.3 is 19.6 Å². The first-order valence-electron chi connectivity index (χ1n) is 11.5. The number of benzene rings is 1. The first kappa shape index (κ1) is 22.3. The maximum atomic E-state index is 12.8. The molecule has 2 fully saturated rings. The molecule has 8 nitrogen and oxygen atoms in total. The summed E-state index contributed by atoms with van der Waals surface area (Å²) in [7, 11) is 0. The van der Waals surface area contributed by atoms with Crippen LogP contribution in [0.5, 0.6) is 0 Å². The van der Waals surface area contributed by atoms with Crippen LogP contribution in [0.2, 0.25) is 0 Å². The Labute approximate surface area is 189 Å². The van der Waals surface area contributed by atoms with Gasteiger partial charge in [0, 0.05) is 50.9 Å². The third kappa shape index (κ3) is 5.48. The molecule has 1 unspecified atom stereocenters. The predicted octanol–water partition coefficient (Wildman–Crippen LogP) is 2.35. The Kier molecular flexibility index (Phi) is 7.09. The molecular weight excluding hydrogens is 406 g/mol. The maximum Gasteiger partial charge on any atom is 0.317 e. The second-order valence-electron chi connectivity index (χ2n) is 8.86. The molecule has 32 heavy (non-hydrogen) atoms. The first-order chi connectivity index (χ1) is 15.5. The van der Waals surface area contributed by atoms with Crippen molar-refractivity contribution in [3.63, 3.8) is 0 Å². The summed E-state index contributed by atoms with van der Waals surface area (Å²) in [6, 6.07) is 10.6. The standard InChI is InChI=1S/C24H33N5O3/c1-18-22(19(2)32-26-18)15-23(30)28-11-13-29(14-12-28)24(31)25-21-9-6-10-27(17-21)16-20-7-4-3-5-8-20/h3-5,7-8,21H,6,9-17H2,1-2H3,(H,25,31). The molecule has 2 aliphatic rings. The fourth-order valence-electron chi connectivity index (χ4n) is 4.60. The van der Waals surface area contributed by atoms with Crippen LogP contribution in [0, 0.1) is 13.8 Å². The molecule has 172 valence electrons. The van der Waals surface area contributed by atoms with Crippen LogP contribution in [0.1, 0.15) is 35.4 Å². The lowest BCUT2D eigenvalue weighted by molar-refractivity contribution is -0.131. The van der Waals surface area contributed by atoms with Gasteiger partial charge in [-0.05, 0) is 38.8 Å². The number of hydrogen-bond acceptors (Lipinski definition) is 5. The number of carbonyl (C=O) groups excluding carboxylic acids is 2. The van der Waals surface area contributed by atoms with Gasteiger partial charge in [-0.2, -0.15) is 0 Å². The molecule has 1 N–H and O–H groups in total. The number of carbonyl (C=O) groups is 2. The average molecular weight is 440 g/mol. The van der Waals surface area contributed by atoms with E-state index in [1.54, 1.807) is 0 Å². The van der Waals surface area contributed by atoms with Crippen LogP contribution in [0.25, 0.3) is 0 Å². The zero-order valence-corrected chi connectivity index (χ0v) is 19.0. The zero-order chi connectivity index (χ0) is 22.5. The molecule has 0 bridgehead atoms. The summed E-state index contributed by atoms with van der Waals surface area (Å²) < 4.78 is 5.16. The Bertz CT molecular complexity index is 901. The summed E-state index contributed by atoms with van der Waals surface area (Å²) in [4.78, 5) is 31.6. The molecule has 0 aliphatic carbocycles. The van der Waals surface area contributed by atoms with Crippen LogP contribution in [-0.4, -0.2) is 77.1 Å². The van der Waals surface area contributed by atoms with E-state index in [1.165, 1.54) is 5.56 Å². The number of rotatable bonds is 5. The minimum atomic E-state index is -0.0191. The van der Waals surface area contributed by atoms with Gasteiger partial charge in [-0.1, -0.05) is 35.5 Å². The third-order valence-electron chi connectivity index (χ3n) is 6.51. The topological polar surface area (TPSA) is 81.9 Å². The number of piperidine rings is 1. The van der Waals surface area contributed by atoms with Gasteiger partial charge in [-0.25, -0.2) is 4.79 Å². The van der Waals surface area contributed by atoms with E-state index in [0.29, 0.717) is 38.4 Å². The molecule has 3 amide bonds. The van der Waals surface area contributed by atoms with Crippen LogP contribution < -0.4 is 5.32 Å². The molecule has 1 aromatic carbocycles.